The van der Waals surface area contributed by atoms with Crippen LogP contribution in [-0.2, 0) is 4.79 Å². The Kier molecular flexibility index (Phi) is 30.9. The van der Waals surface area contributed by atoms with Gasteiger partial charge in [0, 0.05) is 0 Å². The summed E-state index contributed by atoms with van der Waals surface area (Å²) in [5, 5.41) is 0. The molecule has 0 aliphatic carbocycles. The van der Waals surface area contributed by atoms with Crippen molar-refractivity contribution in [2.45, 2.75) is 13.8 Å². The largest absolute Gasteiger partial charge is 1.00 e. The third-order valence-corrected chi connectivity index (χ3v) is 0. The van der Waals surface area contributed by atoms with E-state index < -0.39 is 0 Å². The van der Waals surface area contributed by atoms with Crippen molar-refractivity contribution >= 4 is 5.78 Å². The molecule has 0 radical (unpaired) electrons. The minimum Gasteiger partial charge on any atom is -0.373 e. The predicted molar refractivity (Wildman–Crippen MR) is 26.4 cm³/mol. The van der Waals surface area contributed by atoms with Crippen LogP contribution in [-0.4, -0.2) is 5.78 Å². The van der Waals surface area contributed by atoms with Crippen LogP contribution in [0.15, 0.2) is 0 Å². The summed E-state index contributed by atoms with van der Waals surface area (Å²) in [7, 11) is 0. The minimum absolute atomic E-state index is 0. The summed E-state index contributed by atoms with van der Waals surface area (Å²) in [6, 6.07) is 0. The van der Waals surface area contributed by atoms with Crippen molar-refractivity contribution in [3.63, 3.8) is 0 Å². The number of carbonyl (C=O) groups excluding carboxylic acids is 1. The smallest absolute Gasteiger partial charge is 0.373 e. The SMILES string of the molecule is CC(C)=O.[N-]=[N+]=[N-].[Na+]. The van der Waals surface area contributed by atoms with E-state index in [2.05, 4.69) is 0 Å². The van der Waals surface area contributed by atoms with Gasteiger partial charge in [0.05, 0.1) is 0 Å². The van der Waals surface area contributed by atoms with Crippen molar-refractivity contribution in [3.8, 4) is 0 Å². The van der Waals surface area contributed by atoms with E-state index in [0.717, 1.165) is 0 Å². The first-order valence-electron chi connectivity index (χ1n) is 1.60. The molecule has 0 N–H and O–H groups in total. The standard InChI is InChI=1S/C3H6O.N3.Na/c1-3(2)4;1-3-2;/h1-2H3;;/q;-1;+1. The van der Waals surface area contributed by atoms with Gasteiger partial charge in [0.15, 0.2) is 0 Å². The summed E-state index contributed by atoms with van der Waals surface area (Å²) in [4.78, 5) is 10.9. The predicted octanol–water partition coefficient (Wildman–Crippen LogP) is -1.53. The van der Waals surface area contributed by atoms with Crippen LogP contribution in [0.5, 0.6) is 0 Å². The van der Waals surface area contributed by atoms with Gasteiger partial charge in [0.2, 0.25) is 0 Å². The number of ketones is 1. The fraction of sp³-hybridized carbons (Fsp3) is 0.667. The number of nitrogens with zero attached hydrogens (tertiary/aromatic N) is 3. The normalized spacial score (nSPS) is 4.25. The Morgan fingerprint density at radius 2 is 1.38 bits per heavy atom. The fourth-order valence-corrected chi connectivity index (χ4v) is 0. The van der Waals surface area contributed by atoms with Gasteiger partial charge in [-0.15, -0.1) is 0 Å². The Labute approximate surface area is 70.0 Å². The monoisotopic (exact) mass is 123 g/mol. The van der Waals surface area contributed by atoms with Crippen LogP contribution in [0.2, 0.25) is 0 Å². The first-order chi connectivity index (χ1) is 3.15. The van der Waals surface area contributed by atoms with E-state index in [1.165, 1.54) is 18.8 Å². The molecule has 0 bridgehead atoms. The van der Waals surface area contributed by atoms with Gasteiger partial charge in [-0.05, 0) is 13.8 Å². The van der Waals surface area contributed by atoms with Gasteiger partial charge in [-0.25, -0.2) is 0 Å². The first-order valence-corrected chi connectivity index (χ1v) is 1.60. The van der Waals surface area contributed by atoms with E-state index in [9.17, 15) is 4.79 Å². The van der Waals surface area contributed by atoms with Gasteiger partial charge in [0.1, 0.15) is 5.78 Å². The van der Waals surface area contributed by atoms with Crippen LogP contribution < -0.4 is 29.6 Å². The molecule has 8 heavy (non-hydrogen) atoms. The first kappa shape index (κ1) is 15.7. The Morgan fingerprint density at radius 3 is 1.38 bits per heavy atom. The molecule has 0 aliphatic heterocycles. The van der Waals surface area contributed by atoms with Crippen LogP contribution >= 0.6 is 0 Å². The average Bonchev–Trinajstić information content (AvgIpc) is 1.33. The third kappa shape index (κ3) is 371000. The molecule has 40 valence electrons. The van der Waals surface area contributed by atoms with Crippen LogP contribution in [0.1, 0.15) is 13.8 Å². The van der Waals surface area contributed by atoms with E-state index in [0.29, 0.717) is 0 Å². The van der Waals surface area contributed by atoms with Crippen molar-refractivity contribution < 1.29 is 34.4 Å². The van der Waals surface area contributed by atoms with E-state index in [-0.39, 0.29) is 35.3 Å². The molecule has 0 heterocycles. The second-order valence-electron chi connectivity index (χ2n) is 0.998. The zero-order valence-corrected chi connectivity index (χ0v) is 7.25. The maximum atomic E-state index is 9.44. The van der Waals surface area contributed by atoms with Crippen LogP contribution in [0.25, 0.3) is 16.0 Å². The number of hydrogen-bond donors (Lipinski definition) is 0. The molecule has 0 unspecified atom stereocenters. The molecular weight excluding hydrogens is 117 g/mol. The maximum absolute atomic E-state index is 9.44. The maximum Gasteiger partial charge on any atom is 1.00 e. The van der Waals surface area contributed by atoms with Crippen LogP contribution in [0, 0.1) is 0 Å². The van der Waals surface area contributed by atoms with Crippen LogP contribution in [0.4, 0.5) is 0 Å². The number of carbonyl (C=O) groups is 1. The quantitative estimate of drug-likeness (QED) is 0.166. The van der Waals surface area contributed by atoms with E-state index in [4.69, 9.17) is 11.1 Å². The molecule has 0 atom stereocenters. The summed E-state index contributed by atoms with van der Waals surface area (Å²) in [6.45, 7) is 3.06. The molecule has 0 saturated carbocycles. The van der Waals surface area contributed by atoms with E-state index >= 15 is 0 Å². The fourth-order valence-electron chi connectivity index (χ4n) is 0. The summed E-state index contributed by atoms with van der Waals surface area (Å²) in [6.07, 6.45) is 0. The van der Waals surface area contributed by atoms with Gasteiger partial charge >= 0.3 is 29.6 Å². The van der Waals surface area contributed by atoms with Crippen molar-refractivity contribution in [3.05, 3.63) is 16.0 Å². The molecule has 0 fully saturated rings. The van der Waals surface area contributed by atoms with Crippen molar-refractivity contribution in [2.24, 2.45) is 0 Å². The third-order valence-electron chi connectivity index (χ3n) is 0. The molecule has 0 amide bonds. The molecule has 0 aromatic rings. The molecular formula is C3H6N3NaO. The molecule has 0 aromatic carbocycles. The molecule has 0 aliphatic rings. The second kappa shape index (κ2) is 15.8. The van der Waals surface area contributed by atoms with Crippen molar-refractivity contribution in [1.29, 1.82) is 0 Å². The number of rotatable bonds is 0. The molecule has 0 saturated heterocycles. The minimum atomic E-state index is 0. The summed E-state index contributed by atoms with van der Waals surface area (Å²) >= 11 is 0. The zero-order chi connectivity index (χ0) is 6.28. The van der Waals surface area contributed by atoms with Crippen molar-refractivity contribution in [1.82, 2.24) is 0 Å². The summed E-state index contributed by atoms with van der Waals surface area (Å²) < 4.78 is 0. The summed E-state index contributed by atoms with van der Waals surface area (Å²) in [5.41, 5.74) is 13.5. The Morgan fingerprint density at radius 1 is 1.38 bits per heavy atom. The number of Topliss-reactive ketones (excluding diaryl/α,β-unsaturated/α-hetero) is 1. The van der Waals surface area contributed by atoms with E-state index in [1.54, 1.807) is 0 Å². The van der Waals surface area contributed by atoms with Gasteiger partial charge in [-0.3, -0.25) is 4.91 Å². The van der Waals surface area contributed by atoms with E-state index in [1.807, 2.05) is 0 Å². The topological polar surface area (TPSA) is 75.8 Å². The second-order valence-corrected chi connectivity index (χ2v) is 0.998. The Balaban J connectivity index is -0.0000000575. The number of hydrogen-bond acceptors (Lipinski definition) is 1. The molecule has 4 nitrogen and oxygen atoms in total. The zero-order valence-electron chi connectivity index (χ0n) is 5.25. The molecule has 0 aromatic heterocycles. The average molecular weight is 123 g/mol. The van der Waals surface area contributed by atoms with Gasteiger partial charge in [-0.2, -0.15) is 0 Å². The Hall–Kier alpha value is -0.0200. The molecule has 0 rings (SSSR count). The van der Waals surface area contributed by atoms with Crippen LogP contribution in [0.3, 0.4) is 0 Å². The van der Waals surface area contributed by atoms with Gasteiger partial charge in [0.25, 0.3) is 0 Å². The molecule has 5 heteroatoms. The van der Waals surface area contributed by atoms with Gasteiger partial charge in [-0.1, -0.05) is 0 Å². The Bertz CT molecular complexity index is 82.5. The van der Waals surface area contributed by atoms with Crippen molar-refractivity contribution in [2.75, 3.05) is 0 Å². The molecule has 0 spiro atoms. The van der Waals surface area contributed by atoms with Gasteiger partial charge < -0.3 is 15.9 Å². The summed E-state index contributed by atoms with van der Waals surface area (Å²) in [5.74, 6) is 0.167.